The lowest BCUT2D eigenvalue weighted by Gasteiger charge is -2.20. The molecule has 7 heteroatoms. The first-order valence-corrected chi connectivity index (χ1v) is 6.68. The zero-order chi connectivity index (χ0) is 13.9. The molecule has 106 valence electrons. The second-order valence-corrected chi connectivity index (χ2v) is 5.00. The minimum Gasteiger partial charge on any atom is -0.391 e. The van der Waals surface area contributed by atoms with Crippen LogP contribution in [0.1, 0.15) is 12.2 Å². The summed E-state index contributed by atoms with van der Waals surface area (Å²) in [5.41, 5.74) is 0. The van der Waals surface area contributed by atoms with Gasteiger partial charge in [0.05, 0.1) is 12.6 Å². The van der Waals surface area contributed by atoms with E-state index in [9.17, 15) is 5.11 Å². The van der Waals surface area contributed by atoms with Gasteiger partial charge in [-0.1, -0.05) is 0 Å². The lowest BCUT2D eigenvalue weighted by atomic mass is 10.3. The molecule has 0 aromatic carbocycles. The van der Waals surface area contributed by atoms with Crippen molar-refractivity contribution in [3.05, 3.63) is 30.5 Å². The van der Waals surface area contributed by atoms with Crippen molar-refractivity contribution in [1.82, 2.24) is 19.9 Å². The van der Waals surface area contributed by atoms with Crippen LogP contribution in [0.5, 0.6) is 0 Å². The third-order valence-corrected chi connectivity index (χ3v) is 3.40. The van der Waals surface area contributed by atoms with Gasteiger partial charge in [0.2, 0.25) is 5.95 Å². The van der Waals surface area contributed by atoms with Crippen LogP contribution in [0.4, 0.5) is 11.8 Å². The molecule has 2 N–H and O–H groups in total. The van der Waals surface area contributed by atoms with Gasteiger partial charge in [0.25, 0.3) is 0 Å². The van der Waals surface area contributed by atoms with E-state index in [-0.39, 0.29) is 6.10 Å². The third-order valence-electron chi connectivity index (χ3n) is 3.40. The van der Waals surface area contributed by atoms with Gasteiger partial charge in [-0.25, -0.2) is 9.97 Å². The molecule has 1 saturated heterocycles. The molecular weight excluding hydrogens is 256 g/mol. The predicted octanol–water partition coefficient (Wildman–Crippen LogP) is 0.407. The molecule has 20 heavy (non-hydrogen) atoms. The number of imidazole rings is 1. The molecular formula is C13H18N6O. The van der Waals surface area contributed by atoms with Crippen molar-refractivity contribution in [2.45, 2.75) is 19.1 Å². The molecule has 0 saturated carbocycles. The number of aromatic nitrogens is 4. The van der Waals surface area contributed by atoms with E-state index in [2.05, 4.69) is 24.8 Å². The minimum atomic E-state index is -0.255. The van der Waals surface area contributed by atoms with E-state index in [1.165, 1.54) is 0 Å². The van der Waals surface area contributed by atoms with E-state index in [4.69, 9.17) is 0 Å². The number of nitrogens with zero attached hydrogens (tertiary/aromatic N) is 5. The number of anilines is 2. The van der Waals surface area contributed by atoms with E-state index in [0.717, 1.165) is 24.6 Å². The van der Waals surface area contributed by atoms with E-state index >= 15 is 0 Å². The van der Waals surface area contributed by atoms with Crippen LogP contribution in [-0.4, -0.2) is 51.3 Å². The number of β-amino-alcohol motifs (C(OH)–C–C–N with tert-alkyl or cyclic N) is 1. The Bertz CT molecular complexity index is 558. The van der Waals surface area contributed by atoms with Gasteiger partial charge in [-0.3, -0.25) is 0 Å². The Morgan fingerprint density at radius 2 is 2.35 bits per heavy atom. The van der Waals surface area contributed by atoms with Crippen molar-refractivity contribution in [3.8, 4) is 0 Å². The maximum absolute atomic E-state index is 9.60. The Morgan fingerprint density at radius 1 is 1.45 bits per heavy atom. The van der Waals surface area contributed by atoms with Gasteiger partial charge in [0.1, 0.15) is 11.6 Å². The van der Waals surface area contributed by atoms with Crippen LogP contribution in [0, 0.1) is 0 Å². The Kier molecular flexibility index (Phi) is 3.51. The van der Waals surface area contributed by atoms with Gasteiger partial charge in [-0.2, -0.15) is 4.98 Å². The number of aromatic amines is 1. The van der Waals surface area contributed by atoms with Crippen molar-refractivity contribution in [2.24, 2.45) is 0 Å². The topological polar surface area (TPSA) is 81.2 Å². The average Bonchev–Trinajstić information content (AvgIpc) is 3.10. The van der Waals surface area contributed by atoms with Crippen LogP contribution in [0.2, 0.25) is 0 Å². The summed E-state index contributed by atoms with van der Waals surface area (Å²) in [4.78, 5) is 20.1. The number of hydrogen-bond acceptors (Lipinski definition) is 6. The van der Waals surface area contributed by atoms with Gasteiger partial charge in [-0.05, 0) is 12.5 Å². The zero-order valence-electron chi connectivity index (χ0n) is 11.4. The van der Waals surface area contributed by atoms with Gasteiger partial charge in [-0.15, -0.1) is 0 Å². The fourth-order valence-corrected chi connectivity index (χ4v) is 2.33. The van der Waals surface area contributed by atoms with Crippen molar-refractivity contribution < 1.29 is 5.11 Å². The Hall–Kier alpha value is -2.15. The molecule has 1 atom stereocenters. The summed E-state index contributed by atoms with van der Waals surface area (Å²) in [5, 5.41) is 9.60. The Balaban J connectivity index is 1.73. The first kappa shape index (κ1) is 12.9. The van der Waals surface area contributed by atoms with Crippen LogP contribution in [0.15, 0.2) is 24.7 Å². The molecule has 7 nitrogen and oxygen atoms in total. The molecule has 1 fully saturated rings. The smallest absolute Gasteiger partial charge is 0.227 e. The number of nitrogens with one attached hydrogen (secondary N) is 1. The fourth-order valence-electron chi connectivity index (χ4n) is 2.33. The fraction of sp³-hybridized carbons (Fsp3) is 0.462. The number of aliphatic hydroxyl groups excluding tert-OH is 1. The lowest BCUT2D eigenvalue weighted by molar-refractivity contribution is 0.198. The minimum absolute atomic E-state index is 0.255. The van der Waals surface area contributed by atoms with Gasteiger partial charge in [0, 0.05) is 38.7 Å². The number of rotatable bonds is 4. The highest BCUT2D eigenvalue weighted by Gasteiger charge is 2.21. The first-order chi connectivity index (χ1) is 9.72. The van der Waals surface area contributed by atoms with Gasteiger partial charge < -0.3 is 19.9 Å². The molecule has 2 aromatic rings. The highest BCUT2D eigenvalue weighted by atomic mass is 16.3. The summed E-state index contributed by atoms with van der Waals surface area (Å²) in [6, 6.07) is 1.88. The molecule has 0 radical (unpaired) electrons. The monoisotopic (exact) mass is 274 g/mol. The Morgan fingerprint density at radius 3 is 3.05 bits per heavy atom. The van der Waals surface area contributed by atoms with E-state index in [0.29, 0.717) is 19.0 Å². The van der Waals surface area contributed by atoms with Gasteiger partial charge >= 0.3 is 0 Å². The second kappa shape index (κ2) is 5.46. The highest BCUT2D eigenvalue weighted by Crippen LogP contribution is 2.19. The van der Waals surface area contributed by atoms with E-state index < -0.39 is 0 Å². The van der Waals surface area contributed by atoms with Crippen LogP contribution in [-0.2, 0) is 6.54 Å². The summed E-state index contributed by atoms with van der Waals surface area (Å²) in [7, 11) is 1.93. The lowest BCUT2D eigenvalue weighted by Crippen LogP contribution is -2.24. The average molecular weight is 274 g/mol. The molecule has 0 bridgehead atoms. The molecule has 0 spiro atoms. The summed E-state index contributed by atoms with van der Waals surface area (Å²) in [6.07, 6.45) is 5.81. The first-order valence-electron chi connectivity index (χ1n) is 6.68. The van der Waals surface area contributed by atoms with Crippen LogP contribution < -0.4 is 9.80 Å². The van der Waals surface area contributed by atoms with Crippen LogP contribution in [0.3, 0.4) is 0 Å². The SMILES string of the molecule is CN(Cc1ncc[nH]1)c1nccc(N2CCC(O)C2)n1. The molecule has 0 amide bonds. The summed E-state index contributed by atoms with van der Waals surface area (Å²) >= 11 is 0. The molecule has 3 heterocycles. The standard InChI is InChI=1S/C13H18N6O/c1-18(9-11-14-5-6-15-11)13-16-4-2-12(17-13)19-7-3-10(20)8-19/h2,4-6,10,20H,3,7-9H2,1H3,(H,14,15). The van der Waals surface area contributed by atoms with Crippen molar-refractivity contribution in [1.29, 1.82) is 0 Å². The maximum atomic E-state index is 9.60. The molecule has 1 unspecified atom stereocenters. The number of aliphatic hydroxyl groups is 1. The molecule has 1 aliphatic rings. The van der Waals surface area contributed by atoms with E-state index in [1.54, 1.807) is 18.6 Å². The highest BCUT2D eigenvalue weighted by molar-refractivity contribution is 5.44. The molecule has 2 aromatic heterocycles. The molecule has 3 rings (SSSR count). The quantitative estimate of drug-likeness (QED) is 0.840. The van der Waals surface area contributed by atoms with E-state index in [1.807, 2.05) is 18.0 Å². The largest absolute Gasteiger partial charge is 0.391 e. The third kappa shape index (κ3) is 2.72. The second-order valence-electron chi connectivity index (χ2n) is 5.00. The summed E-state index contributed by atoms with van der Waals surface area (Å²) in [6.45, 7) is 2.09. The summed E-state index contributed by atoms with van der Waals surface area (Å²) in [5.74, 6) is 2.39. The van der Waals surface area contributed by atoms with Crippen LogP contribution >= 0.6 is 0 Å². The number of hydrogen-bond donors (Lipinski definition) is 2. The summed E-state index contributed by atoms with van der Waals surface area (Å²) < 4.78 is 0. The molecule has 1 aliphatic heterocycles. The van der Waals surface area contributed by atoms with Crippen molar-refractivity contribution in [3.63, 3.8) is 0 Å². The Labute approximate surface area is 117 Å². The van der Waals surface area contributed by atoms with Crippen molar-refractivity contribution >= 4 is 11.8 Å². The van der Waals surface area contributed by atoms with Crippen molar-refractivity contribution in [2.75, 3.05) is 29.9 Å². The van der Waals surface area contributed by atoms with Gasteiger partial charge in [0.15, 0.2) is 0 Å². The zero-order valence-corrected chi connectivity index (χ0v) is 11.4. The normalized spacial score (nSPS) is 18.5. The van der Waals surface area contributed by atoms with Crippen LogP contribution in [0.25, 0.3) is 0 Å². The number of H-pyrrole nitrogens is 1. The molecule has 0 aliphatic carbocycles. The maximum Gasteiger partial charge on any atom is 0.227 e. The predicted molar refractivity (Wildman–Crippen MR) is 75.6 cm³/mol.